The third-order valence-electron chi connectivity index (χ3n) is 5.22. The van der Waals surface area contributed by atoms with Gasteiger partial charge in [0.05, 0.1) is 11.5 Å². The molecule has 1 aromatic carbocycles. The molecule has 1 aromatic rings. The zero-order chi connectivity index (χ0) is 17.7. The summed E-state index contributed by atoms with van der Waals surface area (Å²) in [4.78, 5) is 12.2. The van der Waals surface area contributed by atoms with Crippen molar-refractivity contribution in [3.63, 3.8) is 0 Å². The molecule has 0 N–H and O–H groups in total. The predicted octanol–water partition coefficient (Wildman–Crippen LogP) is 5.85. The molecule has 1 aliphatic rings. The lowest BCUT2D eigenvalue weighted by molar-refractivity contribution is -0.140. The predicted molar refractivity (Wildman–Crippen MR) is 86.6 cm³/mol. The average Bonchev–Trinajstić information content (AvgIpc) is 2.56. The number of halogens is 3. The van der Waals surface area contributed by atoms with E-state index in [2.05, 4.69) is 13.8 Å². The number of rotatable bonds is 5. The van der Waals surface area contributed by atoms with Crippen LogP contribution >= 0.6 is 0 Å². The number of alkyl halides is 3. The molecular formula is C19H25F3O2. The summed E-state index contributed by atoms with van der Waals surface area (Å²) in [5.74, 6) is 1.11. The standard InChI is InChI=1S/C19H25F3O2/c1-3-13(4-2)14-5-7-15(8-6-14)18(23)24-17-11-9-16(10-12-17)19(20,21)22/h9-15H,3-8H2,1-2H3. The third-order valence-corrected chi connectivity index (χ3v) is 5.22. The number of hydrogen-bond donors (Lipinski definition) is 0. The normalized spacial score (nSPS) is 21.8. The summed E-state index contributed by atoms with van der Waals surface area (Å²) in [5.41, 5.74) is -0.743. The van der Waals surface area contributed by atoms with Crippen molar-refractivity contribution in [3.8, 4) is 5.75 Å². The summed E-state index contributed by atoms with van der Waals surface area (Å²) < 4.78 is 42.8. The van der Waals surface area contributed by atoms with E-state index < -0.39 is 11.7 Å². The molecule has 134 valence electrons. The second-order valence-corrected chi connectivity index (χ2v) is 6.63. The van der Waals surface area contributed by atoms with Gasteiger partial charge in [-0.1, -0.05) is 26.7 Å². The molecule has 2 nitrogen and oxygen atoms in total. The third kappa shape index (κ3) is 4.74. The van der Waals surface area contributed by atoms with Crippen LogP contribution in [0.5, 0.6) is 5.75 Å². The highest BCUT2D eigenvalue weighted by molar-refractivity contribution is 5.75. The molecule has 2 rings (SSSR count). The Morgan fingerprint density at radius 3 is 2.08 bits per heavy atom. The van der Waals surface area contributed by atoms with Crippen LogP contribution in [-0.2, 0) is 11.0 Å². The molecule has 0 atom stereocenters. The molecular weight excluding hydrogens is 317 g/mol. The van der Waals surface area contributed by atoms with Gasteiger partial charge in [-0.15, -0.1) is 0 Å². The van der Waals surface area contributed by atoms with Gasteiger partial charge in [-0.2, -0.15) is 13.2 Å². The van der Waals surface area contributed by atoms with E-state index in [1.807, 2.05) is 0 Å². The van der Waals surface area contributed by atoms with Gasteiger partial charge in [-0.05, 0) is 61.8 Å². The van der Waals surface area contributed by atoms with Gasteiger partial charge in [0.25, 0.3) is 0 Å². The van der Waals surface area contributed by atoms with E-state index in [1.54, 1.807) is 0 Å². The van der Waals surface area contributed by atoms with E-state index in [1.165, 1.54) is 25.0 Å². The van der Waals surface area contributed by atoms with E-state index in [0.29, 0.717) is 5.92 Å². The van der Waals surface area contributed by atoms with Crippen molar-refractivity contribution in [2.45, 2.75) is 58.5 Å². The molecule has 0 radical (unpaired) electrons. The number of hydrogen-bond acceptors (Lipinski definition) is 2. The molecule has 0 spiro atoms. The summed E-state index contributed by atoms with van der Waals surface area (Å²) in [6.07, 6.45) is 1.62. The fourth-order valence-electron chi connectivity index (χ4n) is 3.69. The topological polar surface area (TPSA) is 26.3 Å². The first-order valence-electron chi connectivity index (χ1n) is 8.74. The van der Waals surface area contributed by atoms with Crippen LogP contribution in [0.1, 0.15) is 57.9 Å². The Balaban J connectivity index is 1.87. The lowest BCUT2D eigenvalue weighted by Gasteiger charge is -2.32. The number of esters is 1. The van der Waals surface area contributed by atoms with Crippen LogP contribution < -0.4 is 4.74 Å². The fourth-order valence-corrected chi connectivity index (χ4v) is 3.69. The first-order valence-corrected chi connectivity index (χ1v) is 8.74. The van der Waals surface area contributed by atoms with E-state index in [-0.39, 0.29) is 17.6 Å². The molecule has 0 amide bonds. The van der Waals surface area contributed by atoms with Gasteiger partial charge in [0.1, 0.15) is 5.75 Å². The zero-order valence-corrected chi connectivity index (χ0v) is 14.2. The average molecular weight is 342 g/mol. The van der Waals surface area contributed by atoms with Gasteiger partial charge in [0.2, 0.25) is 0 Å². The summed E-state index contributed by atoms with van der Waals surface area (Å²) in [5, 5.41) is 0. The van der Waals surface area contributed by atoms with Crippen LogP contribution in [0.25, 0.3) is 0 Å². The van der Waals surface area contributed by atoms with Crippen LogP contribution in [0.15, 0.2) is 24.3 Å². The second kappa shape index (κ2) is 8.04. The molecule has 24 heavy (non-hydrogen) atoms. The number of carbonyl (C=O) groups is 1. The van der Waals surface area contributed by atoms with Crippen LogP contribution in [0.2, 0.25) is 0 Å². The number of carbonyl (C=O) groups excluding carboxylic acids is 1. The monoisotopic (exact) mass is 342 g/mol. The zero-order valence-electron chi connectivity index (χ0n) is 14.2. The van der Waals surface area contributed by atoms with E-state index >= 15 is 0 Å². The Labute approximate surface area is 141 Å². The number of benzene rings is 1. The maximum atomic E-state index is 12.5. The molecule has 0 aliphatic heterocycles. The molecule has 1 saturated carbocycles. The maximum absolute atomic E-state index is 12.5. The summed E-state index contributed by atoms with van der Waals surface area (Å²) >= 11 is 0. The fraction of sp³-hybridized carbons (Fsp3) is 0.632. The molecule has 0 bridgehead atoms. The van der Waals surface area contributed by atoms with Crippen LogP contribution in [0, 0.1) is 17.8 Å². The van der Waals surface area contributed by atoms with Gasteiger partial charge < -0.3 is 4.74 Å². The van der Waals surface area contributed by atoms with Crippen molar-refractivity contribution in [2.75, 3.05) is 0 Å². The quantitative estimate of drug-likeness (QED) is 0.495. The lowest BCUT2D eigenvalue weighted by Crippen LogP contribution is -2.28. The van der Waals surface area contributed by atoms with Gasteiger partial charge in [0.15, 0.2) is 0 Å². The Morgan fingerprint density at radius 1 is 1.08 bits per heavy atom. The molecule has 0 saturated heterocycles. The Morgan fingerprint density at radius 2 is 1.62 bits per heavy atom. The van der Waals surface area contributed by atoms with Crippen molar-refractivity contribution in [3.05, 3.63) is 29.8 Å². The van der Waals surface area contributed by atoms with Crippen molar-refractivity contribution in [1.82, 2.24) is 0 Å². The minimum atomic E-state index is -4.38. The van der Waals surface area contributed by atoms with E-state index in [0.717, 1.165) is 43.7 Å². The lowest BCUT2D eigenvalue weighted by atomic mass is 9.74. The highest BCUT2D eigenvalue weighted by Crippen LogP contribution is 2.37. The SMILES string of the molecule is CCC(CC)C1CCC(C(=O)Oc2ccc(C(F)(F)F)cc2)CC1. The highest BCUT2D eigenvalue weighted by atomic mass is 19.4. The molecule has 0 heterocycles. The van der Waals surface area contributed by atoms with Gasteiger partial charge >= 0.3 is 12.1 Å². The number of ether oxygens (including phenoxy) is 1. The minimum absolute atomic E-state index is 0.141. The Kier molecular flexibility index (Phi) is 6.30. The van der Waals surface area contributed by atoms with Crippen LogP contribution in [0.4, 0.5) is 13.2 Å². The van der Waals surface area contributed by atoms with Crippen molar-refractivity contribution in [2.24, 2.45) is 17.8 Å². The van der Waals surface area contributed by atoms with Crippen LogP contribution in [0.3, 0.4) is 0 Å². The second-order valence-electron chi connectivity index (χ2n) is 6.63. The van der Waals surface area contributed by atoms with Crippen molar-refractivity contribution >= 4 is 5.97 Å². The van der Waals surface area contributed by atoms with Crippen LogP contribution in [-0.4, -0.2) is 5.97 Å². The summed E-state index contributed by atoms with van der Waals surface area (Å²) in [7, 11) is 0. The largest absolute Gasteiger partial charge is 0.426 e. The highest BCUT2D eigenvalue weighted by Gasteiger charge is 2.32. The Bertz CT molecular complexity index is 525. The summed E-state index contributed by atoms with van der Waals surface area (Å²) in [6, 6.07) is 4.28. The van der Waals surface area contributed by atoms with E-state index in [9.17, 15) is 18.0 Å². The molecule has 1 fully saturated rings. The molecule has 0 unspecified atom stereocenters. The first kappa shape index (κ1) is 18.8. The minimum Gasteiger partial charge on any atom is -0.426 e. The maximum Gasteiger partial charge on any atom is 0.416 e. The van der Waals surface area contributed by atoms with Gasteiger partial charge in [-0.3, -0.25) is 4.79 Å². The molecule has 1 aliphatic carbocycles. The Hall–Kier alpha value is -1.52. The summed E-state index contributed by atoms with van der Waals surface area (Å²) in [6.45, 7) is 4.41. The van der Waals surface area contributed by atoms with E-state index in [4.69, 9.17) is 4.74 Å². The van der Waals surface area contributed by atoms with Crippen molar-refractivity contribution in [1.29, 1.82) is 0 Å². The molecule has 0 aromatic heterocycles. The molecule has 5 heteroatoms. The van der Waals surface area contributed by atoms with Crippen molar-refractivity contribution < 1.29 is 22.7 Å². The smallest absolute Gasteiger partial charge is 0.416 e. The van der Waals surface area contributed by atoms with Gasteiger partial charge in [0, 0.05) is 0 Å². The van der Waals surface area contributed by atoms with Gasteiger partial charge in [-0.25, -0.2) is 0 Å². The first-order chi connectivity index (χ1) is 11.3.